The average Bonchev–Trinajstić information content (AvgIpc) is 2.03. The van der Waals surface area contributed by atoms with Gasteiger partial charge >= 0.3 is 0 Å². The Balaban J connectivity index is 2.31. The van der Waals surface area contributed by atoms with Gasteiger partial charge < -0.3 is 0 Å². The molecular formula is C11H14O. The van der Waals surface area contributed by atoms with Gasteiger partial charge in [0.15, 0.2) is 5.78 Å². The molecule has 0 saturated heterocycles. The van der Waals surface area contributed by atoms with Gasteiger partial charge in [-0.2, -0.15) is 0 Å². The zero-order chi connectivity index (χ0) is 8.55. The normalized spacial score (nSPS) is 29.1. The summed E-state index contributed by atoms with van der Waals surface area (Å²) in [4.78, 5) is 11.1. The molecule has 0 saturated carbocycles. The van der Waals surface area contributed by atoms with Crippen LogP contribution in [0.5, 0.6) is 0 Å². The second kappa shape index (κ2) is 2.89. The maximum atomic E-state index is 11.1. The first kappa shape index (κ1) is 7.78. The van der Waals surface area contributed by atoms with Gasteiger partial charge in [-0.25, -0.2) is 0 Å². The molecule has 0 N–H and O–H groups in total. The van der Waals surface area contributed by atoms with Crippen LogP contribution in [0.2, 0.25) is 0 Å². The van der Waals surface area contributed by atoms with Gasteiger partial charge in [0.1, 0.15) is 0 Å². The third kappa shape index (κ3) is 1.36. The lowest BCUT2D eigenvalue weighted by Crippen LogP contribution is -2.16. The molecule has 1 nitrogen and oxygen atoms in total. The summed E-state index contributed by atoms with van der Waals surface area (Å²) in [6.07, 6.45) is 8.36. The van der Waals surface area contributed by atoms with Gasteiger partial charge in [-0.05, 0) is 43.8 Å². The molecule has 12 heavy (non-hydrogen) atoms. The highest BCUT2D eigenvalue weighted by Gasteiger charge is 2.22. The molecule has 0 fully saturated rings. The molecule has 1 heteroatoms. The van der Waals surface area contributed by atoms with Crippen LogP contribution in [-0.2, 0) is 4.79 Å². The molecule has 2 aliphatic rings. The number of hydrogen-bond acceptors (Lipinski definition) is 1. The van der Waals surface area contributed by atoms with E-state index < -0.39 is 0 Å². The zero-order valence-electron chi connectivity index (χ0n) is 7.47. The monoisotopic (exact) mass is 162 g/mol. The van der Waals surface area contributed by atoms with Crippen molar-refractivity contribution < 1.29 is 4.79 Å². The van der Waals surface area contributed by atoms with Crippen molar-refractivity contribution in [3.63, 3.8) is 0 Å². The van der Waals surface area contributed by atoms with E-state index in [0.717, 1.165) is 12.8 Å². The van der Waals surface area contributed by atoms with Crippen LogP contribution in [0.1, 0.15) is 32.6 Å². The topological polar surface area (TPSA) is 17.1 Å². The Kier molecular flexibility index (Phi) is 1.87. The van der Waals surface area contributed by atoms with Gasteiger partial charge in [-0.3, -0.25) is 4.79 Å². The van der Waals surface area contributed by atoms with Crippen LogP contribution in [0.15, 0.2) is 23.3 Å². The van der Waals surface area contributed by atoms with E-state index in [1.54, 1.807) is 0 Å². The van der Waals surface area contributed by atoms with Gasteiger partial charge in [-0.1, -0.05) is 11.6 Å². The summed E-state index contributed by atoms with van der Waals surface area (Å²) in [5.74, 6) is 0.999. The SMILES string of the molecule is CC1=CC2=CC(=O)CC[C@H]2CC1. The summed E-state index contributed by atoms with van der Waals surface area (Å²) in [6, 6.07) is 0. The van der Waals surface area contributed by atoms with Crippen molar-refractivity contribution in [1.29, 1.82) is 0 Å². The van der Waals surface area contributed by atoms with Crippen LogP contribution in [-0.4, -0.2) is 5.78 Å². The minimum Gasteiger partial charge on any atom is -0.295 e. The van der Waals surface area contributed by atoms with Crippen molar-refractivity contribution in [3.05, 3.63) is 23.3 Å². The van der Waals surface area contributed by atoms with Crippen LogP contribution in [0.4, 0.5) is 0 Å². The molecule has 0 aromatic heterocycles. The smallest absolute Gasteiger partial charge is 0.155 e. The molecule has 0 amide bonds. The van der Waals surface area contributed by atoms with Crippen molar-refractivity contribution in [3.8, 4) is 0 Å². The second-order valence-electron chi connectivity index (χ2n) is 3.88. The summed E-state index contributed by atoms with van der Waals surface area (Å²) in [5.41, 5.74) is 2.71. The lowest BCUT2D eigenvalue weighted by molar-refractivity contribution is -0.115. The van der Waals surface area contributed by atoms with E-state index in [-0.39, 0.29) is 0 Å². The summed E-state index contributed by atoms with van der Waals surface area (Å²) in [5, 5.41) is 0. The van der Waals surface area contributed by atoms with Crippen molar-refractivity contribution in [1.82, 2.24) is 0 Å². The molecule has 0 aromatic carbocycles. The van der Waals surface area contributed by atoms with E-state index in [2.05, 4.69) is 13.0 Å². The molecule has 2 rings (SSSR count). The van der Waals surface area contributed by atoms with Gasteiger partial charge in [0, 0.05) is 6.42 Å². The van der Waals surface area contributed by atoms with E-state index in [1.165, 1.54) is 24.0 Å². The molecule has 2 aliphatic carbocycles. The minimum absolute atomic E-state index is 0.312. The fourth-order valence-corrected chi connectivity index (χ4v) is 2.09. The van der Waals surface area contributed by atoms with Crippen LogP contribution in [0.3, 0.4) is 0 Å². The Morgan fingerprint density at radius 2 is 2.00 bits per heavy atom. The van der Waals surface area contributed by atoms with Gasteiger partial charge in [-0.15, -0.1) is 0 Å². The Bertz CT molecular complexity index is 271. The summed E-state index contributed by atoms with van der Waals surface area (Å²) >= 11 is 0. The maximum Gasteiger partial charge on any atom is 0.155 e. The molecule has 0 unspecified atom stereocenters. The van der Waals surface area contributed by atoms with Crippen LogP contribution in [0, 0.1) is 5.92 Å². The lowest BCUT2D eigenvalue weighted by atomic mass is 9.79. The van der Waals surface area contributed by atoms with E-state index in [4.69, 9.17) is 0 Å². The zero-order valence-corrected chi connectivity index (χ0v) is 7.47. The summed E-state index contributed by atoms with van der Waals surface area (Å²) in [7, 11) is 0. The first-order valence-corrected chi connectivity index (χ1v) is 4.67. The number of fused-ring (bicyclic) bond motifs is 1. The number of carbonyl (C=O) groups is 1. The summed E-state index contributed by atoms with van der Waals surface area (Å²) < 4.78 is 0. The highest BCUT2D eigenvalue weighted by atomic mass is 16.1. The second-order valence-corrected chi connectivity index (χ2v) is 3.88. The lowest BCUT2D eigenvalue weighted by Gasteiger charge is -2.26. The Morgan fingerprint density at radius 3 is 2.83 bits per heavy atom. The average molecular weight is 162 g/mol. The van der Waals surface area contributed by atoms with E-state index in [0.29, 0.717) is 11.7 Å². The van der Waals surface area contributed by atoms with Gasteiger partial charge in [0.2, 0.25) is 0 Å². The Labute approximate surface area is 73.2 Å². The van der Waals surface area contributed by atoms with Crippen molar-refractivity contribution in [2.75, 3.05) is 0 Å². The first-order chi connectivity index (χ1) is 5.75. The predicted octanol–water partition coefficient (Wildman–Crippen LogP) is 2.63. The minimum atomic E-state index is 0.312. The standard InChI is InChI=1S/C11H14O/c1-8-2-3-9-4-5-11(12)7-10(9)6-8/h6-7,9H,2-5H2,1H3/t9-/m1/s1. The Morgan fingerprint density at radius 1 is 1.25 bits per heavy atom. The van der Waals surface area contributed by atoms with Crippen molar-refractivity contribution >= 4 is 5.78 Å². The fraction of sp³-hybridized carbons (Fsp3) is 0.545. The number of rotatable bonds is 0. The molecule has 0 aromatic rings. The molecule has 64 valence electrons. The number of ketones is 1. The third-order valence-corrected chi connectivity index (χ3v) is 2.84. The number of allylic oxidation sites excluding steroid dienone is 4. The van der Waals surface area contributed by atoms with E-state index >= 15 is 0 Å². The van der Waals surface area contributed by atoms with Crippen molar-refractivity contribution in [2.45, 2.75) is 32.6 Å². The molecule has 0 radical (unpaired) electrons. The molecule has 0 bridgehead atoms. The van der Waals surface area contributed by atoms with Crippen molar-refractivity contribution in [2.24, 2.45) is 5.92 Å². The van der Waals surface area contributed by atoms with E-state index in [9.17, 15) is 4.79 Å². The molecular weight excluding hydrogens is 148 g/mol. The molecule has 0 heterocycles. The van der Waals surface area contributed by atoms with Crippen LogP contribution in [0.25, 0.3) is 0 Å². The number of carbonyl (C=O) groups excluding carboxylic acids is 1. The highest BCUT2D eigenvalue weighted by molar-refractivity contribution is 5.91. The highest BCUT2D eigenvalue weighted by Crippen LogP contribution is 2.34. The Hall–Kier alpha value is -0.850. The maximum absolute atomic E-state index is 11.1. The molecule has 0 aliphatic heterocycles. The quantitative estimate of drug-likeness (QED) is 0.535. The first-order valence-electron chi connectivity index (χ1n) is 4.67. The summed E-state index contributed by atoms with van der Waals surface area (Å²) in [6.45, 7) is 2.15. The number of hydrogen-bond donors (Lipinski definition) is 0. The van der Waals surface area contributed by atoms with E-state index in [1.807, 2.05) is 6.08 Å². The predicted molar refractivity (Wildman–Crippen MR) is 48.8 cm³/mol. The third-order valence-electron chi connectivity index (χ3n) is 2.84. The molecule has 0 spiro atoms. The molecule has 1 atom stereocenters. The van der Waals surface area contributed by atoms with Crippen LogP contribution < -0.4 is 0 Å². The fourth-order valence-electron chi connectivity index (χ4n) is 2.09. The largest absolute Gasteiger partial charge is 0.295 e. The van der Waals surface area contributed by atoms with Gasteiger partial charge in [0.05, 0.1) is 0 Å². The van der Waals surface area contributed by atoms with Crippen LogP contribution >= 0.6 is 0 Å². The van der Waals surface area contributed by atoms with Gasteiger partial charge in [0.25, 0.3) is 0 Å².